The maximum Gasteiger partial charge on any atom is 0.306 e. The van der Waals surface area contributed by atoms with Crippen LogP contribution in [0.15, 0.2) is 48.6 Å². The average Bonchev–Trinajstić information content (AvgIpc) is 3.29. The molecule has 6 heteroatoms. The van der Waals surface area contributed by atoms with Gasteiger partial charge in [0.25, 0.3) is 0 Å². The van der Waals surface area contributed by atoms with Crippen LogP contribution in [0.5, 0.6) is 0 Å². The molecule has 3 N–H and O–H groups in total. The third-order valence-corrected chi connectivity index (χ3v) is 12.7. The molecule has 3 atom stereocenters. The predicted octanol–water partition coefficient (Wildman–Crippen LogP) is 17.0. The average molecular weight is 898 g/mol. The van der Waals surface area contributed by atoms with Gasteiger partial charge >= 0.3 is 5.97 Å². The molecule has 0 saturated carbocycles. The van der Waals surface area contributed by atoms with E-state index in [0.29, 0.717) is 19.3 Å². The highest BCUT2D eigenvalue weighted by molar-refractivity contribution is 5.77. The Morgan fingerprint density at radius 1 is 0.469 bits per heavy atom. The van der Waals surface area contributed by atoms with Gasteiger partial charge in [-0.1, -0.05) is 256 Å². The molecule has 0 heterocycles. The summed E-state index contributed by atoms with van der Waals surface area (Å²) in [5, 5.41) is 23.9. The van der Waals surface area contributed by atoms with Gasteiger partial charge in [0, 0.05) is 6.42 Å². The third kappa shape index (κ3) is 46.4. The van der Waals surface area contributed by atoms with Crippen molar-refractivity contribution in [2.45, 2.75) is 302 Å². The molecule has 6 nitrogen and oxygen atoms in total. The molecule has 0 aliphatic rings. The molecule has 1 amide bonds. The summed E-state index contributed by atoms with van der Waals surface area (Å²) in [4.78, 5) is 26.2. The second kappa shape index (κ2) is 51.8. The summed E-state index contributed by atoms with van der Waals surface area (Å²) < 4.78 is 5.93. The van der Waals surface area contributed by atoms with Crippen molar-refractivity contribution >= 4 is 11.9 Å². The quantitative estimate of drug-likeness (QED) is 0.0321. The van der Waals surface area contributed by atoms with Crippen molar-refractivity contribution in [1.82, 2.24) is 5.32 Å². The molecule has 3 unspecified atom stereocenters. The number of aliphatic hydroxyl groups excluding tert-OH is 2. The molecule has 0 bridgehead atoms. The second-order valence-electron chi connectivity index (χ2n) is 19.0. The zero-order valence-electron chi connectivity index (χ0n) is 42.7. The number of esters is 1. The number of ether oxygens (including phenoxy) is 1. The molecule has 0 aromatic carbocycles. The summed E-state index contributed by atoms with van der Waals surface area (Å²) in [7, 11) is 0. The van der Waals surface area contributed by atoms with Crippen molar-refractivity contribution in [1.29, 1.82) is 0 Å². The number of rotatable bonds is 50. The van der Waals surface area contributed by atoms with Gasteiger partial charge in [-0.05, 0) is 64.2 Å². The first-order valence-electron chi connectivity index (χ1n) is 27.9. The summed E-state index contributed by atoms with van der Waals surface area (Å²) in [5.74, 6) is -0.499. The van der Waals surface area contributed by atoms with E-state index in [-0.39, 0.29) is 24.9 Å². The molecule has 0 rings (SSSR count). The third-order valence-electron chi connectivity index (χ3n) is 12.7. The first-order valence-corrected chi connectivity index (χ1v) is 27.9. The summed E-state index contributed by atoms with van der Waals surface area (Å²) in [6, 6.07) is -0.707. The number of hydrogen-bond acceptors (Lipinski definition) is 5. The molecule has 0 aliphatic carbocycles. The number of carbonyl (C=O) groups excluding carboxylic acids is 2. The Labute approximate surface area is 397 Å². The smallest absolute Gasteiger partial charge is 0.306 e. The Morgan fingerprint density at radius 3 is 1.27 bits per heavy atom. The largest absolute Gasteiger partial charge is 0.462 e. The van der Waals surface area contributed by atoms with Crippen molar-refractivity contribution in [3.63, 3.8) is 0 Å². The van der Waals surface area contributed by atoms with Gasteiger partial charge in [0.1, 0.15) is 6.10 Å². The molecular weight excluding hydrogens is 791 g/mol. The maximum absolute atomic E-state index is 13.2. The topological polar surface area (TPSA) is 95.9 Å². The lowest BCUT2D eigenvalue weighted by atomic mass is 10.0. The number of nitrogens with one attached hydrogen (secondary N) is 1. The summed E-state index contributed by atoms with van der Waals surface area (Å²) in [6.07, 6.45) is 63.2. The summed E-state index contributed by atoms with van der Waals surface area (Å²) in [5.41, 5.74) is 0. The first-order chi connectivity index (χ1) is 31.5. The minimum Gasteiger partial charge on any atom is -0.462 e. The van der Waals surface area contributed by atoms with E-state index in [1.807, 2.05) is 0 Å². The Morgan fingerprint density at radius 2 is 0.844 bits per heavy atom. The monoisotopic (exact) mass is 898 g/mol. The van der Waals surface area contributed by atoms with Gasteiger partial charge in [-0.3, -0.25) is 9.59 Å². The highest BCUT2D eigenvalue weighted by atomic mass is 16.5. The van der Waals surface area contributed by atoms with Gasteiger partial charge in [-0.2, -0.15) is 0 Å². The van der Waals surface area contributed by atoms with E-state index in [1.54, 1.807) is 0 Å². The molecule has 64 heavy (non-hydrogen) atoms. The molecule has 0 radical (unpaired) electrons. The zero-order valence-corrected chi connectivity index (χ0v) is 42.7. The second-order valence-corrected chi connectivity index (χ2v) is 19.0. The normalized spacial score (nSPS) is 13.5. The highest BCUT2D eigenvalue weighted by Gasteiger charge is 2.24. The van der Waals surface area contributed by atoms with E-state index in [9.17, 15) is 19.8 Å². The Balaban J connectivity index is 4.53. The summed E-state index contributed by atoms with van der Waals surface area (Å²) in [6.45, 7) is 6.39. The van der Waals surface area contributed by atoms with Crippen LogP contribution in [-0.4, -0.2) is 46.9 Å². The molecular formula is C58H107NO5. The van der Waals surface area contributed by atoms with Gasteiger partial charge in [-0.15, -0.1) is 0 Å². The lowest BCUT2D eigenvalue weighted by Gasteiger charge is -2.24. The fourth-order valence-electron chi connectivity index (χ4n) is 8.48. The van der Waals surface area contributed by atoms with Crippen LogP contribution in [0.25, 0.3) is 0 Å². The Bertz CT molecular complexity index is 1100. The van der Waals surface area contributed by atoms with Crippen LogP contribution in [0.3, 0.4) is 0 Å². The van der Waals surface area contributed by atoms with Gasteiger partial charge in [0.15, 0.2) is 0 Å². The van der Waals surface area contributed by atoms with Crippen molar-refractivity contribution in [2.24, 2.45) is 0 Å². The van der Waals surface area contributed by atoms with Crippen LogP contribution in [0, 0.1) is 0 Å². The van der Waals surface area contributed by atoms with Crippen LogP contribution in [0.1, 0.15) is 284 Å². The number of hydrogen-bond donors (Lipinski definition) is 3. The minimum absolute atomic E-state index is 0.0674. The molecule has 0 aliphatic heterocycles. The maximum atomic E-state index is 13.2. The van der Waals surface area contributed by atoms with Crippen molar-refractivity contribution in [3.8, 4) is 0 Å². The Kier molecular flexibility index (Phi) is 50.0. The Hall–Kier alpha value is -2.18. The van der Waals surface area contributed by atoms with Crippen molar-refractivity contribution < 1.29 is 24.5 Å². The fraction of sp³-hybridized carbons (Fsp3) is 0.828. The first kappa shape index (κ1) is 61.8. The van der Waals surface area contributed by atoms with E-state index < -0.39 is 18.2 Å². The molecule has 0 saturated heterocycles. The minimum atomic E-state index is -0.792. The van der Waals surface area contributed by atoms with Crippen molar-refractivity contribution in [3.05, 3.63) is 48.6 Å². The number of allylic oxidation sites excluding steroid dienone is 8. The summed E-state index contributed by atoms with van der Waals surface area (Å²) >= 11 is 0. The van der Waals surface area contributed by atoms with E-state index in [2.05, 4.69) is 74.7 Å². The van der Waals surface area contributed by atoms with Gasteiger partial charge < -0.3 is 20.3 Å². The van der Waals surface area contributed by atoms with Crippen LogP contribution < -0.4 is 5.32 Å². The van der Waals surface area contributed by atoms with E-state index >= 15 is 0 Å². The molecule has 0 fully saturated rings. The van der Waals surface area contributed by atoms with E-state index in [4.69, 9.17) is 4.74 Å². The van der Waals surface area contributed by atoms with E-state index in [0.717, 1.165) is 77.0 Å². The number of unbranched alkanes of at least 4 members (excludes halogenated alkanes) is 30. The number of aliphatic hydroxyl groups is 2. The number of amides is 1. The van der Waals surface area contributed by atoms with E-state index in [1.165, 1.54) is 161 Å². The van der Waals surface area contributed by atoms with Gasteiger partial charge in [0.05, 0.1) is 25.2 Å². The molecule has 374 valence electrons. The fourth-order valence-corrected chi connectivity index (χ4v) is 8.48. The lowest BCUT2D eigenvalue weighted by Crippen LogP contribution is -2.46. The zero-order chi connectivity index (χ0) is 46.7. The predicted molar refractivity (Wildman–Crippen MR) is 278 cm³/mol. The van der Waals surface area contributed by atoms with Crippen LogP contribution in [0.4, 0.5) is 0 Å². The van der Waals surface area contributed by atoms with Crippen molar-refractivity contribution in [2.75, 3.05) is 6.61 Å². The standard InChI is InChI=1S/C58H107NO5/c1-4-7-10-13-16-19-22-25-27-29-30-32-35-38-41-44-47-50-56(61)55(53-60)59-57(62)52-54(49-46-43-40-37-34-24-21-18-15-12-9-6-3)64-58(63)51-48-45-42-39-36-33-31-28-26-23-20-17-14-11-8-5-2/h8,11,17,20,26,28,33,36,54-56,60-61H,4-7,9-10,12-16,18-19,21-25,27,29-32,34-35,37-53H2,1-3H3,(H,59,62)/b11-8+,20-17+,28-26+,36-33+. The highest BCUT2D eigenvalue weighted by Crippen LogP contribution is 2.18. The SMILES string of the molecule is CC/C=C/C/C=C/C/C=C/C/C=C/CCCCCC(=O)OC(CCCCCCCCCCCCCC)CC(=O)NC(CO)C(O)CCCCCCCCCCCCCCCCCCC. The van der Waals surface area contributed by atoms with Crippen LogP contribution in [-0.2, 0) is 14.3 Å². The molecule has 0 aromatic rings. The molecule has 0 aromatic heterocycles. The van der Waals surface area contributed by atoms with Gasteiger partial charge in [0.2, 0.25) is 5.91 Å². The lowest BCUT2D eigenvalue weighted by molar-refractivity contribution is -0.151. The van der Waals surface area contributed by atoms with Gasteiger partial charge in [-0.25, -0.2) is 0 Å². The molecule has 0 spiro atoms. The van der Waals surface area contributed by atoms with Crippen LogP contribution in [0.2, 0.25) is 0 Å². The van der Waals surface area contributed by atoms with Crippen LogP contribution >= 0.6 is 0 Å². The number of carbonyl (C=O) groups is 2.